The van der Waals surface area contributed by atoms with Gasteiger partial charge in [0, 0.05) is 23.7 Å². The van der Waals surface area contributed by atoms with Gasteiger partial charge in [-0.1, -0.05) is 36.7 Å². The number of aliphatic hydroxyl groups is 1. The molecule has 1 unspecified atom stereocenters. The van der Waals surface area contributed by atoms with E-state index in [-0.39, 0.29) is 18.4 Å². The number of aromatic amines is 1. The number of halogens is 1. The van der Waals surface area contributed by atoms with Crippen molar-refractivity contribution < 1.29 is 9.90 Å². The van der Waals surface area contributed by atoms with Crippen molar-refractivity contribution in [3.63, 3.8) is 0 Å². The van der Waals surface area contributed by atoms with Crippen molar-refractivity contribution in [1.29, 1.82) is 0 Å². The second-order valence-corrected chi connectivity index (χ2v) is 5.04. The Morgan fingerprint density at radius 1 is 1.50 bits per heavy atom. The summed E-state index contributed by atoms with van der Waals surface area (Å²) in [7, 11) is 0. The van der Waals surface area contributed by atoms with E-state index in [9.17, 15) is 4.79 Å². The first-order valence-corrected chi connectivity index (χ1v) is 6.68. The molecule has 0 aliphatic rings. The van der Waals surface area contributed by atoms with Crippen molar-refractivity contribution in [2.45, 2.75) is 6.92 Å². The number of nitrogens with zero attached hydrogens (tertiary/aromatic N) is 1. The zero-order chi connectivity index (χ0) is 14.5. The van der Waals surface area contributed by atoms with Gasteiger partial charge in [-0.15, -0.1) is 0 Å². The zero-order valence-corrected chi connectivity index (χ0v) is 11.8. The standard InChI is InChI=1S/C14H16ClN3O2/c1-9(8-19)6-16-14(20)11-7-17-18-13(11)10-4-2-3-5-12(10)15/h2-5,7,9,19H,6,8H2,1H3,(H,16,20)(H,17,18). The van der Waals surface area contributed by atoms with Gasteiger partial charge in [0.25, 0.3) is 5.91 Å². The number of carbonyl (C=O) groups is 1. The fourth-order valence-electron chi connectivity index (χ4n) is 1.75. The molecule has 0 radical (unpaired) electrons. The van der Waals surface area contributed by atoms with Crippen LogP contribution in [0.25, 0.3) is 11.3 Å². The fraction of sp³-hybridized carbons (Fsp3) is 0.286. The molecule has 0 aliphatic carbocycles. The number of benzene rings is 1. The van der Waals surface area contributed by atoms with Gasteiger partial charge < -0.3 is 10.4 Å². The Bertz CT molecular complexity index is 598. The lowest BCUT2D eigenvalue weighted by molar-refractivity contribution is 0.0943. The monoisotopic (exact) mass is 293 g/mol. The first kappa shape index (κ1) is 14.6. The van der Waals surface area contributed by atoms with Crippen molar-refractivity contribution in [3.05, 3.63) is 41.0 Å². The third kappa shape index (κ3) is 3.18. The summed E-state index contributed by atoms with van der Waals surface area (Å²) in [5.41, 5.74) is 1.75. The molecule has 0 fully saturated rings. The maximum Gasteiger partial charge on any atom is 0.255 e. The van der Waals surface area contributed by atoms with Gasteiger partial charge in [-0.05, 0) is 12.0 Å². The van der Waals surface area contributed by atoms with E-state index in [1.54, 1.807) is 6.07 Å². The quantitative estimate of drug-likeness (QED) is 0.790. The summed E-state index contributed by atoms with van der Waals surface area (Å²) >= 11 is 6.13. The lowest BCUT2D eigenvalue weighted by atomic mass is 10.1. The van der Waals surface area contributed by atoms with Crippen molar-refractivity contribution in [3.8, 4) is 11.3 Å². The lowest BCUT2D eigenvalue weighted by Gasteiger charge is -2.10. The van der Waals surface area contributed by atoms with E-state index in [1.165, 1.54) is 6.20 Å². The molecule has 0 bridgehead atoms. The Morgan fingerprint density at radius 3 is 2.95 bits per heavy atom. The highest BCUT2D eigenvalue weighted by atomic mass is 35.5. The van der Waals surface area contributed by atoms with Crippen LogP contribution in [0.5, 0.6) is 0 Å². The number of aliphatic hydroxyl groups excluding tert-OH is 1. The second-order valence-electron chi connectivity index (χ2n) is 4.64. The van der Waals surface area contributed by atoms with Crippen LogP contribution in [0.4, 0.5) is 0 Å². The molecule has 1 heterocycles. The van der Waals surface area contributed by atoms with E-state index >= 15 is 0 Å². The van der Waals surface area contributed by atoms with Crippen molar-refractivity contribution >= 4 is 17.5 Å². The van der Waals surface area contributed by atoms with Crippen LogP contribution in [0.1, 0.15) is 17.3 Å². The molecule has 0 aliphatic heterocycles. The van der Waals surface area contributed by atoms with Crippen LogP contribution in [-0.2, 0) is 0 Å². The van der Waals surface area contributed by atoms with E-state index in [0.717, 1.165) is 5.56 Å². The van der Waals surface area contributed by atoms with Crippen molar-refractivity contribution in [2.75, 3.05) is 13.2 Å². The summed E-state index contributed by atoms with van der Waals surface area (Å²) in [6, 6.07) is 7.25. The number of carbonyl (C=O) groups excluding carboxylic acids is 1. The zero-order valence-electron chi connectivity index (χ0n) is 11.1. The predicted molar refractivity (Wildman–Crippen MR) is 77.6 cm³/mol. The average molecular weight is 294 g/mol. The molecular weight excluding hydrogens is 278 g/mol. The number of rotatable bonds is 5. The van der Waals surface area contributed by atoms with Crippen LogP contribution in [-0.4, -0.2) is 34.4 Å². The highest BCUT2D eigenvalue weighted by Gasteiger charge is 2.17. The molecule has 3 N–H and O–H groups in total. The minimum atomic E-state index is -0.242. The summed E-state index contributed by atoms with van der Waals surface area (Å²) in [6.45, 7) is 2.29. The molecule has 0 spiro atoms. The molecule has 1 aromatic heterocycles. The molecule has 20 heavy (non-hydrogen) atoms. The van der Waals surface area contributed by atoms with Gasteiger partial charge >= 0.3 is 0 Å². The molecule has 2 aromatic rings. The fourth-order valence-corrected chi connectivity index (χ4v) is 1.98. The average Bonchev–Trinajstić information content (AvgIpc) is 2.94. The van der Waals surface area contributed by atoms with Gasteiger partial charge in [-0.3, -0.25) is 9.89 Å². The summed E-state index contributed by atoms with van der Waals surface area (Å²) in [6.07, 6.45) is 1.47. The molecule has 0 saturated carbocycles. The first-order chi connectivity index (χ1) is 9.63. The van der Waals surface area contributed by atoms with E-state index in [2.05, 4.69) is 15.5 Å². The Labute approximate surface area is 122 Å². The van der Waals surface area contributed by atoms with Crippen LogP contribution in [0.3, 0.4) is 0 Å². The minimum Gasteiger partial charge on any atom is -0.396 e. The van der Waals surface area contributed by atoms with Crippen LogP contribution in [0, 0.1) is 5.92 Å². The Balaban J connectivity index is 2.21. The van der Waals surface area contributed by atoms with Crippen LogP contribution in [0.15, 0.2) is 30.5 Å². The van der Waals surface area contributed by atoms with E-state index in [4.69, 9.17) is 16.7 Å². The van der Waals surface area contributed by atoms with Crippen molar-refractivity contribution in [1.82, 2.24) is 15.5 Å². The van der Waals surface area contributed by atoms with Crippen molar-refractivity contribution in [2.24, 2.45) is 5.92 Å². The molecule has 1 amide bonds. The normalized spacial score (nSPS) is 12.2. The maximum atomic E-state index is 12.1. The maximum absolute atomic E-state index is 12.1. The SMILES string of the molecule is CC(CO)CNC(=O)c1cn[nH]c1-c1ccccc1Cl. The summed E-state index contributed by atoms with van der Waals surface area (Å²) in [4.78, 5) is 12.1. The largest absolute Gasteiger partial charge is 0.396 e. The molecule has 2 rings (SSSR count). The highest BCUT2D eigenvalue weighted by molar-refractivity contribution is 6.33. The van der Waals surface area contributed by atoms with E-state index in [1.807, 2.05) is 25.1 Å². The minimum absolute atomic E-state index is 0.00890. The Morgan fingerprint density at radius 2 is 2.25 bits per heavy atom. The molecule has 0 saturated heterocycles. The van der Waals surface area contributed by atoms with Crippen LogP contribution < -0.4 is 5.32 Å². The van der Waals surface area contributed by atoms with E-state index in [0.29, 0.717) is 22.8 Å². The third-order valence-electron chi connectivity index (χ3n) is 2.95. The van der Waals surface area contributed by atoms with E-state index < -0.39 is 0 Å². The third-order valence-corrected chi connectivity index (χ3v) is 3.28. The number of hydrogen-bond donors (Lipinski definition) is 3. The van der Waals surface area contributed by atoms with Gasteiger partial charge in [0.05, 0.1) is 17.5 Å². The summed E-state index contributed by atoms with van der Waals surface area (Å²) < 4.78 is 0. The number of aromatic nitrogens is 2. The van der Waals surface area contributed by atoms with Gasteiger partial charge in [0.1, 0.15) is 0 Å². The van der Waals surface area contributed by atoms with Gasteiger partial charge in [0.15, 0.2) is 0 Å². The van der Waals surface area contributed by atoms with Gasteiger partial charge in [-0.25, -0.2) is 0 Å². The molecule has 1 aromatic carbocycles. The summed E-state index contributed by atoms with van der Waals surface area (Å²) in [5, 5.41) is 19.0. The number of hydrogen-bond acceptors (Lipinski definition) is 3. The number of H-pyrrole nitrogens is 1. The second kappa shape index (κ2) is 6.54. The smallest absolute Gasteiger partial charge is 0.255 e. The van der Waals surface area contributed by atoms with Gasteiger partial charge in [0.2, 0.25) is 0 Å². The molecule has 6 heteroatoms. The Hall–Kier alpha value is -1.85. The molecule has 5 nitrogen and oxygen atoms in total. The predicted octanol–water partition coefficient (Wildman–Crippen LogP) is 2.09. The lowest BCUT2D eigenvalue weighted by Crippen LogP contribution is -2.29. The van der Waals surface area contributed by atoms with Crippen LogP contribution >= 0.6 is 11.6 Å². The number of nitrogens with one attached hydrogen (secondary N) is 2. The van der Waals surface area contributed by atoms with Gasteiger partial charge in [-0.2, -0.15) is 5.10 Å². The molecule has 1 atom stereocenters. The Kier molecular flexibility index (Phi) is 4.76. The summed E-state index contributed by atoms with van der Waals surface area (Å²) in [5.74, 6) is -0.233. The number of amides is 1. The first-order valence-electron chi connectivity index (χ1n) is 6.30. The van der Waals surface area contributed by atoms with Crippen LogP contribution in [0.2, 0.25) is 5.02 Å². The highest BCUT2D eigenvalue weighted by Crippen LogP contribution is 2.28. The molecule has 106 valence electrons. The molecular formula is C14H16ClN3O2. The topological polar surface area (TPSA) is 78.0 Å².